The third-order valence-corrected chi connectivity index (χ3v) is 13.2. The number of allylic oxidation sites excluding steroid dienone is 18. The fourth-order valence-electron chi connectivity index (χ4n) is 8.55. The molecule has 0 saturated heterocycles. The van der Waals surface area contributed by atoms with Gasteiger partial charge in [-0.15, -0.1) is 0 Å². The van der Waals surface area contributed by atoms with Crippen LogP contribution in [0.4, 0.5) is 0 Å². The molecule has 0 aromatic rings. The Balaban J connectivity index is 4.18. The number of unbranched alkanes of at least 4 members (excludes halogenated alkanes) is 27. The Hall–Kier alpha value is -3.93. The number of esters is 3. The molecular formula is C69H116O6. The van der Waals surface area contributed by atoms with E-state index >= 15 is 0 Å². The molecule has 0 bridgehead atoms. The van der Waals surface area contributed by atoms with Gasteiger partial charge in [0.05, 0.1) is 0 Å². The van der Waals surface area contributed by atoms with Crippen LogP contribution in [0.25, 0.3) is 0 Å². The van der Waals surface area contributed by atoms with Crippen molar-refractivity contribution in [2.75, 3.05) is 13.2 Å². The van der Waals surface area contributed by atoms with Gasteiger partial charge in [0.2, 0.25) is 0 Å². The molecule has 428 valence electrons. The van der Waals surface area contributed by atoms with Crippen LogP contribution in [0.1, 0.15) is 290 Å². The largest absolute Gasteiger partial charge is 0.462 e. The molecule has 0 saturated carbocycles. The lowest BCUT2D eigenvalue weighted by Gasteiger charge is -2.18. The molecule has 75 heavy (non-hydrogen) atoms. The third kappa shape index (κ3) is 60.8. The van der Waals surface area contributed by atoms with Crippen LogP contribution in [0.15, 0.2) is 109 Å². The molecule has 0 aliphatic rings. The maximum atomic E-state index is 12.8. The molecule has 6 heteroatoms. The van der Waals surface area contributed by atoms with Gasteiger partial charge in [0.25, 0.3) is 0 Å². The second kappa shape index (κ2) is 62.6. The third-order valence-electron chi connectivity index (χ3n) is 13.2. The fourth-order valence-corrected chi connectivity index (χ4v) is 8.55. The van der Waals surface area contributed by atoms with E-state index in [0.717, 1.165) is 154 Å². The molecule has 0 aliphatic heterocycles. The monoisotopic (exact) mass is 1040 g/mol. The summed E-state index contributed by atoms with van der Waals surface area (Å²) in [6.07, 6.45) is 85.3. The van der Waals surface area contributed by atoms with E-state index < -0.39 is 6.10 Å². The Bertz CT molecular complexity index is 1520. The van der Waals surface area contributed by atoms with Crippen molar-refractivity contribution >= 4 is 17.9 Å². The highest BCUT2D eigenvalue weighted by molar-refractivity contribution is 5.71. The normalized spacial score (nSPS) is 12.8. The van der Waals surface area contributed by atoms with E-state index in [1.807, 2.05) is 0 Å². The zero-order valence-electron chi connectivity index (χ0n) is 49.0. The molecule has 0 fully saturated rings. The molecule has 0 aliphatic carbocycles. The van der Waals surface area contributed by atoms with Crippen molar-refractivity contribution in [2.24, 2.45) is 0 Å². The van der Waals surface area contributed by atoms with E-state index in [1.165, 1.54) is 96.3 Å². The summed E-state index contributed by atoms with van der Waals surface area (Å²) in [7, 11) is 0. The average molecular weight is 1040 g/mol. The molecule has 1 unspecified atom stereocenters. The first-order chi connectivity index (χ1) is 37.0. The lowest BCUT2D eigenvalue weighted by molar-refractivity contribution is -0.167. The van der Waals surface area contributed by atoms with Crippen molar-refractivity contribution in [2.45, 2.75) is 297 Å². The van der Waals surface area contributed by atoms with Crippen LogP contribution in [0.3, 0.4) is 0 Å². The van der Waals surface area contributed by atoms with E-state index in [1.54, 1.807) is 0 Å². The summed E-state index contributed by atoms with van der Waals surface area (Å²) in [5.74, 6) is -0.912. The van der Waals surface area contributed by atoms with Crippen LogP contribution < -0.4 is 0 Å². The molecule has 1 atom stereocenters. The zero-order chi connectivity index (χ0) is 54.3. The topological polar surface area (TPSA) is 78.9 Å². The van der Waals surface area contributed by atoms with Crippen molar-refractivity contribution in [3.05, 3.63) is 109 Å². The summed E-state index contributed by atoms with van der Waals surface area (Å²) in [5.41, 5.74) is 0. The van der Waals surface area contributed by atoms with Crippen LogP contribution in [0.2, 0.25) is 0 Å². The predicted octanol–water partition coefficient (Wildman–Crippen LogP) is 21.4. The minimum absolute atomic E-state index is 0.0876. The molecule has 0 rings (SSSR count). The summed E-state index contributed by atoms with van der Waals surface area (Å²) >= 11 is 0. The maximum absolute atomic E-state index is 12.8. The van der Waals surface area contributed by atoms with Gasteiger partial charge in [-0.25, -0.2) is 0 Å². The van der Waals surface area contributed by atoms with Gasteiger partial charge in [-0.1, -0.05) is 265 Å². The summed E-state index contributed by atoms with van der Waals surface area (Å²) in [6.45, 7) is 6.38. The SMILES string of the molecule is CC/C=C\C/C=C\C/C=C\C/C=C\C/C=C\CCCCCCCCCCCCCCCCCC(=O)OCC(COC(=O)CCCCCCC/C=C\C/C=C\CCC)OC(=O)CCCCCCC/C=C\C/C=C\CCC. The highest BCUT2D eigenvalue weighted by Gasteiger charge is 2.19. The number of hydrogen-bond acceptors (Lipinski definition) is 6. The second-order valence-electron chi connectivity index (χ2n) is 20.6. The molecule has 0 amide bonds. The molecule has 0 N–H and O–H groups in total. The number of carbonyl (C=O) groups is 3. The first-order valence-electron chi connectivity index (χ1n) is 31.4. The van der Waals surface area contributed by atoms with Crippen LogP contribution in [0, 0.1) is 0 Å². The van der Waals surface area contributed by atoms with Gasteiger partial charge in [0.1, 0.15) is 13.2 Å². The van der Waals surface area contributed by atoms with Crippen molar-refractivity contribution < 1.29 is 28.6 Å². The Morgan fingerprint density at radius 2 is 0.520 bits per heavy atom. The minimum atomic E-state index is -0.791. The standard InChI is InChI=1S/C69H116O6/c1-4-7-10-13-16-19-22-25-26-27-28-29-30-31-32-33-34-35-36-37-38-39-40-41-42-45-47-50-53-56-59-62-68(71)74-65-66(75-69(72)63-60-57-54-51-48-44-24-21-18-15-12-9-6-3)64-73-67(70)61-58-55-52-49-46-43-23-20-17-14-11-8-5-2/h7,10-12,14-16,19-21,23-26,28-29,31-32,66H,4-6,8-9,13,17-18,22,27,30,33-65H2,1-3H3/b10-7-,14-11-,15-12-,19-16-,23-20-,24-21-,26-25-,29-28-,32-31-. The van der Waals surface area contributed by atoms with Crippen LogP contribution >= 0.6 is 0 Å². The lowest BCUT2D eigenvalue weighted by atomic mass is 10.0. The van der Waals surface area contributed by atoms with Crippen molar-refractivity contribution in [1.82, 2.24) is 0 Å². The number of ether oxygens (including phenoxy) is 3. The van der Waals surface area contributed by atoms with Gasteiger partial charge in [-0.05, 0) is 116 Å². The van der Waals surface area contributed by atoms with E-state index in [4.69, 9.17) is 14.2 Å². The van der Waals surface area contributed by atoms with Gasteiger partial charge in [0.15, 0.2) is 6.10 Å². The van der Waals surface area contributed by atoms with Crippen molar-refractivity contribution in [1.29, 1.82) is 0 Å². The molecule has 0 aromatic carbocycles. The molecular weight excluding hydrogens is 925 g/mol. The molecule has 0 spiro atoms. The van der Waals surface area contributed by atoms with Gasteiger partial charge in [-0.3, -0.25) is 14.4 Å². The molecule has 6 nitrogen and oxygen atoms in total. The minimum Gasteiger partial charge on any atom is -0.462 e. The fraction of sp³-hybridized carbons (Fsp3) is 0.696. The summed E-state index contributed by atoms with van der Waals surface area (Å²) in [6, 6.07) is 0. The smallest absolute Gasteiger partial charge is 0.306 e. The Kier molecular flexibility index (Phi) is 59.3. The highest BCUT2D eigenvalue weighted by atomic mass is 16.6. The number of hydrogen-bond donors (Lipinski definition) is 0. The quantitative estimate of drug-likeness (QED) is 0.0261. The lowest BCUT2D eigenvalue weighted by Crippen LogP contribution is -2.30. The van der Waals surface area contributed by atoms with Gasteiger partial charge < -0.3 is 14.2 Å². The van der Waals surface area contributed by atoms with Crippen molar-refractivity contribution in [3.8, 4) is 0 Å². The average Bonchev–Trinajstić information content (AvgIpc) is 3.41. The van der Waals surface area contributed by atoms with E-state index in [-0.39, 0.29) is 31.1 Å². The van der Waals surface area contributed by atoms with Gasteiger partial charge in [-0.2, -0.15) is 0 Å². The van der Waals surface area contributed by atoms with Crippen LogP contribution in [-0.2, 0) is 28.6 Å². The van der Waals surface area contributed by atoms with Crippen LogP contribution in [-0.4, -0.2) is 37.2 Å². The summed E-state index contributed by atoms with van der Waals surface area (Å²) in [4.78, 5) is 38.2. The number of carbonyl (C=O) groups excluding carboxylic acids is 3. The second-order valence-corrected chi connectivity index (χ2v) is 20.6. The Labute approximate surface area is 463 Å². The maximum Gasteiger partial charge on any atom is 0.306 e. The Morgan fingerprint density at radius 3 is 0.813 bits per heavy atom. The number of rotatable bonds is 56. The summed E-state index contributed by atoms with van der Waals surface area (Å²) in [5, 5.41) is 0. The van der Waals surface area contributed by atoms with Crippen molar-refractivity contribution in [3.63, 3.8) is 0 Å². The van der Waals surface area contributed by atoms with E-state index in [2.05, 4.69) is 130 Å². The molecule has 0 radical (unpaired) electrons. The van der Waals surface area contributed by atoms with Gasteiger partial charge in [0, 0.05) is 19.3 Å². The van der Waals surface area contributed by atoms with E-state index in [9.17, 15) is 14.4 Å². The molecule has 0 heterocycles. The highest BCUT2D eigenvalue weighted by Crippen LogP contribution is 2.16. The molecule has 0 aromatic heterocycles. The first-order valence-corrected chi connectivity index (χ1v) is 31.4. The van der Waals surface area contributed by atoms with Crippen LogP contribution in [0.5, 0.6) is 0 Å². The van der Waals surface area contributed by atoms with E-state index in [0.29, 0.717) is 19.3 Å². The first kappa shape index (κ1) is 71.1. The zero-order valence-corrected chi connectivity index (χ0v) is 49.0. The Morgan fingerprint density at radius 1 is 0.280 bits per heavy atom. The van der Waals surface area contributed by atoms with Gasteiger partial charge >= 0.3 is 17.9 Å². The summed E-state index contributed by atoms with van der Waals surface area (Å²) < 4.78 is 16.9. The predicted molar refractivity (Wildman–Crippen MR) is 325 cm³/mol.